The molecule has 5 N–H and O–H groups in total. The van der Waals surface area contributed by atoms with Crippen molar-refractivity contribution in [1.82, 2.24) is 0 Å². The minimum atomic E-state index is -3.79. The molecule has 18 heavy (non-hydrogen) atoms. The van der Waals surface area contributed by atoms with Gasteiger partial charge in [-0.15, -0.1) is 0 Å². The van der Waals surface area contributed by atoms with E-state index in [1.807, 2.05) is 0 Å². The minimum absolute atomic E-state index is 0.0421. The number of hydrogen-bond donors (Lipinski definition) is 3. The average Bonchev–Trinajstić information content (AvgIpc) is 2.32. The Morgan fingerprint density at radius 2 is 1.94 bits per heavy atom. The third-order valence-corrected chi connectivity index (χ3v) is 3.92. The molecule has 0 unspecified atom stereocenters. The van der Waals surface area contributed by atoms with Gasteiger partial charge in [0.25, 0.3) is 0 Å². The van der Waals surface area contributed by atoms with Gasteiger partial charge in [0.05, 0.1) is 11.4 Å². The molecule has 7 heteroatoms. The standard InChI is InChI=1S/C11H17N3O3S/c12-11-9(14-8-4-6-17-7-5-8)2-1-3-10(11)18(13,15)16/h1-3,8,14H,4-7,12H2,(H2,13,15,16). The zero-order valence-corrected chi connectivity index (χ0v) is 10.7. The third-order valence-electron chi connectivity index (χ3n) is 2.95. The summed E-state index contributed by atoms with van der Waals surface area (Å²) in [6, 6.07) is 5.02. The monoisotopic (exact) mass is 271 g/mol. The Hall–Kier alpha value is -1.31. The second kappa shape index (κ2) is 5.13. The lowest BCUT2D eigenvalue weighted by atomic mass is 10.1. The highest BCUT2D eigenvalue weighted by Gasteiger charge is 2.18. The average molecular weight is 271 g/mol. The summed E-state index contributed by atoms with van der Waals surface area (Å²) in [5.41, 5.74) is 6.61. The number of benzene rings is 1. The van der Waals surface area contributed by atoms with E-state index in [0.29, 0.717) is 18.9 Å². The maximum absolute atomic E-state index is 11.3. The van der Waals surface area contributed by atoms with E-state index in [2.05, 4.69) is 5.32 Å². The van der Waals surface area contributed by atoms with Gasteiger partial charge in [0.15, 0.2) is 0 Å². The first-order chi connectivity index (χ1) is 8.48. The molecule has 0 spiro atoms. The molecule has 1 fully saturated rings. The van der Waals surface area contributed by atoms with Crippen molar-refractivity contribution in [3.63, 3.8) is 0 Å². The second-order valence-electron chi connectivity index (χ2n) is 4.29. The van der Waals surface area contributed by atoms with Crippen LogP contribution in [0.3, 0.4) is 0 Å². The van der Waals surface area contributed by atoms with Crippen LogP contribution >= 0.6 is 0 Å². The molecular formula is C11H17N3O3S. The van der Waals surface area contributed by atoms with Crippen LogP contribution in [0.15, 0.2) is 23.1 Å². The predicted octanol–water partition coefficient (Wildman–Crippen LogP) is 0.507. The summed E-state index contributed by atoms with van der Waals surface area (Å²) in [6.07, 6.45) is 1.75. The van der Waals surface area contributed by atoms with Gasteiger partial charge in [-0.05, 0) is 25.0 Å². The summed E-state index contributed by atoms with van der Waals surface area (Å²) in [5.74, 6) is 0. The Balaban J connectivity index is 2.23. The normalized spacial score (nSPS) is 17.6. The van der Waals surface area contributed by atoms with Crippen molar-refractivity contribution in [3.8, 4) is 0 Å². The quantitative estimate of drug-likeness (QED) is 0.694. The highest BCUT2D eigenvalue weighted by atomic mass is 32.2. The smallest absolute Gasteiger partial charge is 0.240 e. The van der Waals surface area contributed by atoms with Crippen LogP contribution in [0.5, 0.6) is 0 Å². The lowest BCUT2D eigenvalue weighted by Gasteiger charge is -2.25. The fourth-order valence-corrected chi connectivity index (χ4v) is 2.66. The van der Waals surface area contributed by atoms with Crippen molar-refractivity contribution in [3.05, 3.63) is 18.2 Å². The molecule has 1 aliphatic rings. The van der Waals surface area contributed by atoms with Gasteiger partial charge in [-0.1, -0.05) is 6.07 Å². The molecule has 0 saturated carbocycles. The van der Waals surface area contributed by atoms with E-state index < -0.39 is 10.0 Å². The first-order valence-corrected chi connectivity index (χ1v) is 7.28. The van der Waals surface area contributed by atoms with E-state index in [-0.39, 0.29) is 16.6 Å². The van der Waals surface area contributed by atoms with Crippen molar-refractivity contribution < 1.29 is 13.2 Å². The van der Waals surface area contributed by atoms with Crippen molar-refractivity contribution in [2.45, 2.75) is 23.8 Å². The van der Waals surface area contributed by atoms with Crippen molar-refractivity contribution in [2.24, 2.45) is 5.14 Å². The fourth-order valence-electron chi connectivity index (χ4n) is 1.98. The van der Waals surface area contributed by atoms with Crippen LogP contribution in [0.1, 0.15) is 12.8 Å². The van der Waals surface area contributed by atoms with Crippen molar-refractivity contribution in [1.29, 1.82) is 0 Å². The Morgan fingerprint density at radius 1 is 1.28 bits per heavy atom. The van der Waals surface area contributed by atoms with Crippen LogP contribution < -0.4 is 16.2 Å². The lowest BCUT2D eigenvalue weighted by Crippen LogP contribution is -2.28. The Morgan fingerprint density at radius 3 is 2.56 bits per heavy atom. The summed E-state index contributed by atoms with van der Waals surface area (Å²) in [5, 5.41) is 8.34. The number of ether oxygens (including phenoxy) is 1. The number of anilines is 2. The largest absolute Gasteiger partial charge is 0.396 e. The van der Waals surface area contributed by atoms with Crippen molar-refractivity contribution in [2.75, 3.05) is 24.3 Å². The van der Waals surface area contributed by atoms with Gasteiger partial charge in [0, 0.05) is 19.3 Å². The highest BCUT2D eigenvalue weighted by Crippen LogP contribution is 2.27. The summed E-state index contributed by atoms with van der Waals surface area (Å²) in [4.78, 5) is -0.0421. The molecule has 6 nitrogen and oxygen atoms in total. The van der Waals surface area contributed by atoms with Crippen LogP contribution in [0.25, 0.3) is 0 Å². The zero-order chi connectivity index (χ0) is 13.2. The van der Waals surface area contributed by atoms with Gasteiger partial charge in [-0.25, -0.2) is 13.6 Å². The maximum Gasteiger partial charge on any atom is 0.240 e. The number of nitrogen functional groups attached to an aromatic ring is 1. The summed E-state index contributed by atoms with van der Waals surface area (Å²) in [6.45, 7) is 1.40. The van der Waals surface area contributed by atoms with E-state index in [9.17, 15) is 8.42 Å². The van der Waals surface area contributed by atoms with Crippen molar-refractivity contribution >= 4 is 21.4 Å². The highest BCUT2D eigenvalue weighted by molar-refractivity contribution is 7.89. The summed E-state index contributed by atoms with van der Waals surface area (Å²) in [7, 11) is -3.79. The number of rotatable bonds is 3. The fraction of sp³-hybridized carbons (Fsp3) is 0.455. The number of nitrogens with two attached hydrogens (primary N) is 2. The molecular weight excluding hydrogens is 254 g/mol. The predicted molar refractivity (Wildman–Crippen MR) is 69.7 cm³/mol. The molecule has 0 aromatic heterocycles. The number of nitrogens with one attached hydrogen (secondary N) is 1. The Bertz CT molecular complexity index is 524. The van der Waals surface area contributed by atoms with Crippen LogP contribution in [-0.4, -0.2) is 27.7 Å². The van der Waals surface area contributed by atoms with Gasteiger partial charge in [-0.2, -0.15) is 0 Å². The van der Waals surface area contributed by atoms with Crippen LogP contribution in [0.4, 0.5) is 11.4 Å². The molecule has 1 aromatic rings. The van der Waals surface area contributed by atoms with E-state index in [1.54, 1.807) is 12.1 Å². The zero-order valence-electron chi connectivity index (χ0n) is 9.93. The number of primary sulfonamides is 1. The molecule has 0 radical (unpaired) electrons. The lowest BCUT2D eigenvalue weighted by molar-refractivity contribution is 0.0904. The van der Waals surface area contributed by atoms with Gasteiger partial charge in [0.1, 0.15) is 4.90 Å². The summed E-state index contributed by atoms with van der Waals surface area (Å²) < 4.78 is 28.0. The molecule has 1 saturated heterocycles. The molecule has 0 bridgehead atoms. The van der Waals surface area contributed by atoms with E-state index >= 15 is 0 Å². The third kappa shape index (κ3) is 2.92. The number of para-hydroxylation sites is 1. The maximum atomic E-state index is 11.3. The SMILES string of the molecule is Nc1c(NC2CCOCC2)cccc1S(N)(=O)=O. The van der Waals surface area contributed by atoms with Gasteiger partial charge < -0.3 is 15.8 Å². The summed E-state index contributed by atoms with van der Waals surface area (Å²) >= 11 is 0. The molecule has 1 aliphatic heterocycles. The van der Waals surface area contributed by atoms with Gasteiger partial charge in [-0.3, -0.25) is 0 Å². The van der Waals surface area contributed by atoms with Crippen LogP contribution in [-0.2, 0) is 14.8 Å². The van der Waals surface area contributed by atoms with Crippen LogP contribution in [0.2, 0.25) is 0 Å². The Kier molecular flexibility index (Phi) is 3.74. The second-order valence-corrected chi connectivity index (χ2v) is 5.82. The molecule has 1 heterocycles. The molecule has 0 atom stereocenters. The van der Waals surface area contributed by atoms with E-state index in [1.165, 1.54) is 6.07 Å². The first-order valence-electron chi connectivity index (χ1n) is 5.74. The van der Waals surface area contributed by atoms with E-state index in [0.717, 1.165) is 12.8 Å². The first kappa shape index (κ1) is 13.1. The Labute approximate surface area is 106 Å². The van der Waals surface area contributed by atoms with Gasteiger partial charge in [0.2, 0.25) is 10.0 Å². The minimum Gasteiger partial charge on any atom is -0.396 e. The molecule has 100 valence electrons. The molecule has 2 rings (SSSR count). The van der Waals surface area contributed by atoms with Crippen LogP contribution in [0, 0.1) is 0 Å². The topological polar surface area (TPSA) is 107 Å². The molecule has 0 aliphatic carbocycles. The molecule has 0 amide bonds. The van der Waals surface area contributed by atoms with E-state index in [4.69, 9.17) is 15.6 Å². The molecule has 1 aromatic carbocycles. The van der Waals surface area contributed by atoms with Gasteiger partial charge >= 0.3 is 0 Å². The number of sulfonamides is 1. The number of hydrogen-bond acceptors (Lipinski definition) is 5.